The van der Waals surface area contributed by atoms with Gasteiger partial charge in [-0.3, -0.25) is 0 Å². The van der Waals surface area contributed by atoms with Crippen molar-refractivity contribution in [3.05, 3.63) is 40.9 Å². The molecule has 0 amide bonds. The van der Waals surface area contributed by atoms with Crippen LogP contribution in [0.2, 0.25) is 0 Å². The van der Waals surface area contributed by atoms with Crippen LogP contribution < -0.4 is 10.4 Å². The number of hydrogen-bond donors (Lipinski definition) is 0. The van der Waals surface area contributed by atoms with Crippen molar-refractivity contribution < 1.29 is 13.6 Å². The summed E-state index contributed by atoms with van der Waals surface area (Å²) >= 11 is 0. The zero-order chi connectivity index (χ0) is 15.7. The molecular formula is C17H19NO4. The Balaban J connectivity index is 2.02. The average molecular weight is 301 g/mol. The van der Waals surface area contributed by atoms with Crippen LogP contribution in [-0.4, -0.2) is 32.1 Å². The summed E-state index contributed by atoms with van der Waals surface area (Å²) in [6.45, 7) is 3.54. The minimum Gasteiger partial charge on any atom is -0.486 e. The maximum Gasteiger partial charge on any atom is 0.336 e. The monoisotopic (exact) mass is 301 g/mol. The lowest BCUT2D eigenvalue weighted by molar-refractivity contribution is 0.222. The summed E-state index contributed by atoms with van der Waals surface area (Å²) in [5.74, 6) is 0.839. The SMILES string of the molecule is CC(COc1c2occc2cc2ccc(=O)oc12)CN(C)C. The Kier molecular flexibility index (Phi) is 3.90. The van der Waals surface area contributed by atoms with Crippen LogP contribution in [0, 0.1) is 5.92 Å². The molecule has 5 nitrogen and oxygen atoms in total. The largest absolute Gasteiger partial charge is 0.486 e. The third kappa shape index (κ3) is 2.85. The normalized spacial score (nSPS) is 13.1. The van der Waals surface area contributed by atoms with Crippen molar-refractivity contribution in [1.82, 2.24) is 4.90 Å². The highest BCUT2D eigenvalue weighted by molar-refractivity contribution is 5.99. The van der Waals surface area contributed by atoms with E-state index in [0.29, 0.717) is 29.4 Å². The van der Waals surface area contributed by atoms with Gasteiger partial charge in [0.15, 0.2) is 11.2 Å². The minimum absolute atomic E-state index is 0.339. The van der Waals surface area contributed by atoms with E-state index in [1.165, 1.54) is 6.07 Å². The molecule has 22 heavy (non-hydrogen) atoms. The van der Waals surface area contributed by atoms with Crippen LogP contribution in [-0.2, 0) is 0 Å². The standard InChI is InChI=1S/C17H19NO4/c1-11(9-18(2)3)10-21-17-15-13(6-7-20-15)8-12-4-5-14(19)22-16(12)17/h4-8,11H,9-10H2,1-3H3. The molecule has 3 aromatic rings. The second-order valence-corrected chi connectivity index (χ2v) is 5.90. The molecule has 0 aliphatic rings. The van der Waals surface area contributed by atoms with Crippen LogP contribution in [0.25, 0.3) is 21.9 Å². The Bertz CT molecular complexity index is 847. The number of nitrogens with zero attached hydrogens (tertiary/aromatic N) is 1. The first-order valence-corrected chi connectivity index (χ1v) is 7.26. The van der Waals surface area contributed by atoms with Gasteiger partial charge in [0.2, 0.25) is 5.75 Å². The topological polar surface area (TPSA) is 55.8 Å². The first-order chi connectivity index (χ1) is 10.5. The number of furan rings is 1. The molecule has 0 saturated carbocycles. The Labute approximate surface area is 128 Å². The van der Waals surface area contributed by atoms with E-state index in [2.05, 4.69) is 11.8 Å². The molecule has 3 rings (SSSR count). The fourth-order valence-electron chi connectivity index (χ4n) is 2.64. The van der Waals surface area contributed by atoms with Gasteiger partial charge in [0.1, 0.15) is 0 Å². The third-order valence-electron chi connectivity index (χ3n) is 3.47. The summed E-state index contributed by atoms with van der Waals surface area (Å²) in [7, 11) is 4.05. The Morgan fingerprint density at radius 3 is 2.73 bits per heavy atom. The van der Waals surface area contributed by atoms with Crippen molar-refractivity contribution in [2.45, 2.75) is 6.92 Å². The molecule has 0 aliphatic carbocycles. The maximum atomic E-state index is 11.5. The van der Waals surface area contributed by atoms with Gasteiger partial charge in [-0.25, -0.2) is 4.79 Å². The van der Waals surface area contributed by atoms with Crippen molar-refractivity contribution in [3.8, 4) is 5.75 Å². The smallest absolute Gasteiger partial charge is 0.336 e. The van der Waals surface area contributed by atoms with Crippen molar-refractivity contribution in [2.24, 2.45) is 5.92 Å². The number of rotatable bonds is 5. The number of ether oxygens (including phenoxy) is 1. The first-order valence-electron chi connectivity index (χ1n) is 7.26. The highest BCUT2D eigenvalue weighted by Gasteiger charge is 2.16. The quantitative estimate of drug-likeness (QED) is 0.678. The van der Waals surface area contributed by atoms with Crippen molar-refractivity contribution in [2.75, 3.05) is 27.2 Å². The molecule has 0 radical (unpaired) electrons. The Hall–Kier alpha value is -2.27. The van der Waals surface area contributed by atoms with Crippen molar-refractivity contribution in [1.29, 1.82) is 0 Å². The zero-order valence-electron chi connectivity index (χ0n) is 13.0. The van der Waals surface area contributed by atoms with E-state index in [4.69, 9.17) is 13.6 Å². The number of benzene rings is 1. The lowest BCUT2D eigenvalue weighted by atomic mass is 10.1. The Morgan fingerprint density at radius 2 is 1.95 bits per heavy atom. The highest BCUT2D eigenvalue weighted by Crippen LogP contribution is 2.35. The van der Waals surface area contributed by atoms with Gasteiger partial charge in [0, 0.05) is 29.3 Å². The number of fused-ring (bicyclic) bond motifs is 2. The molecule has 0 aliphatic heterocycles. The lowest BCUT2D eigenvalue weighted by Crippen LogP contribution is -2.24. The van der Waals surface area contributed by atoms with E-state index < -0.39 is 5.63 Å². The van der Waals surface area contributed by atoms with Gasteiger partial charge in [0.05, 0.1) is 12.9 Å². The second-order valence-electron chi connectivity index (χ2n) is 5.90. The summed E-state index contributed by atoms with van der Waals surface area (Å²) in [4.78, 5) is 13.6. The first kappa shape index (κ1) is 14.7. The van der Waals surface area contributed by atoms with E-state index in [1.807, 2.05) is 26.2 Å². The van der Waals surface area contributed by atoms with Gasteiger partial charge >= 0.3 is 5.63 Å². The van der Waals surface area contributed by atoms with Crippen LogP contribution in [0.3, 0.4) is 0 Å². The lowest BCUT2D eigenvalue weighted by Gasteiger charge is -2.17. The van der Waals surface area contributed by atoms with E-state index in [1.54, 1.807) is 12.3 Å². The Morgan fingerprint density at radius 1 is 1.18 bits per heavy atom. The van der Waals surface area contributed by atoms with Crippen LogP contribution in [0.1, 0.15) is 6.92 Å². The summed E-state index contributed by atoms with van der Waals surface area (Å²) in [6, 6.07) is 6.94. The van der Waals surface area contributed by atoms with Crippen LogP contribution in [0.4, 0.5) is 0 Å². The maximum absolute atomic E-state index is 11.5. The molecule has 2 aromatic heterocycles. The summed E-state index contributed by atoms with van der Waals surface area (Å²) in [6.07, 6.45) is 1.61. The summed E-state index contributed by atoms with van der Waals surface area (Å²) in [5, 5.41) is 1.75. The molecule has 5 heteroatoms. The van der Waals surface area contributed by atoms with E-state index in [9.17, 15) is 4.79 Å². The molecular weight excluding hydrogens is 282 g/mol. The third-order valence-corrected chi connectivity index (χ3v) is 3.47. The van der Waals surface area contributed by atoms with E-state index >= 15 is 0 Å². The molecule has 0 bridgehead atoms. The molecule has 0 saturated heterocycles. The fraction of sp³-hybridized carbons (Fsp3) is 0.353. The summed E-state index contributed by atoms with van der Waals surface area (Å²) in [5.41, 5.74) is 0.649. The molecule has 1 atom stereocenters. The highest BCUT2D eigenvalue weighted by atomic mass is 16.5. The van der Waals surface area contributed by atoms with Crippen LogP contribution >= 0.6 is 0 Å². The number of hydrogen-bond acceptors (Lipinski definition) is 5. The van der Waals surface area contributed by atoms with Gasteiger partial charge in [-0.2, -0.15) is 0 Å². The summed E-state index contributed by atoms with van der Waals surface area (Å²) < 4.78 is 16.8. The molecule has 0 fully saturated rings. The van der Waals surface area contributed by atoms with Crippen molar-refractivity contribution in [3.63, 3.8) is 0 Å². The fourth-order valence-corrected chi connectivity index (χ4v) is 2.64. The molecule has 1 aromatic carbocycles. The van der Waals surface area contributed by atoms with E-state index in [0.717, 1.165) is 17.3 Å². The van der Waals surface area contributed by atoms with Gasteiger partial charge in [-0.1, -0.05) is 6.92 Å². The van der Waals surface area contributed by atoms with Gasteiger partial charge in [-0.15, -0.1) is 0 Å². The molecule has 116 valence electrons. The molecule has 0 N–H and O–H groups in total. The van der Waals surface area contributed by atoms with Gasteiger partial charge < -0.3 is 18.5 Å². The average Bonchev–Trinajstić information content (AvgIpc) is 2.91. The van der Waals surface area contributed by atoms with Gasteiger partial charge in [-0.05, 0) is 32.3 Å². The second kappa shape index (κ2) is 5.85. The van der Waals surface area contributed by atoms with E-state index in [-0.39, 0.29) is 0 Å². The predicted molar refractivity (Wildman–Crippen MR) is 85.5 cm³/mol. The molecule has 2 heterocycles. The predicted octanol–water partition coefficient (Wildman–Crippen LogP) is 3.12. The zero-order valence-corrected chi connectivity index (χ0v) is 13.0. The molecule has 1 unspecified atom stereocenters. The van der Waals surface area contributed by atoms with Gasteiger partial charge in [0.25, 0.3) is 0 Å². The molecule has 0 spiro atoms. The minimum atomic E-state index is -0.399. The van der Waals surface area contributed by atoms with Crippen molar-refractivity contribution >= 4 is 21.9 Å². The van der Waals surface area contributed by atoms with Crippen LogP contribution in [0.15, 0.2) is 44.2 Å². The van der Waals surface area contributed by atoms with Crippen LogP contribution in [0.5, 0.6) is 5.75 Å².